The number of nitrogens with two attached hydrogens (primary N) is 1. The van der Waals surface area contributed by atoms with E-state index in [0.717, 1.165) is 6.07 Å². The minimum atomic E-state index is -4.68. The molecule has 3 aromatic rings. The number of urea groups is 1. The number of nitrogens with zero attached hydrogens (tertiary/aromatic N) is 4. The molecule has 4 heterocycles. The number of primary amides is 1. The third kappa shape index (κ3) is 3.26. The molecule has 0 aromatic carbocycles. The molecule has 0 bridgehead atoms. The van der Waals surface area contributed by atoms with Crippen LogP contribution in [0.4, 0.5) is 18.0 Å². The molecule has 3 amide bonds. The Kier molecular flexibility index (Phi) is 4.22. The van der Waals surface area contributed by atoms with Gasteiger partial charge in [0.15, 0.2) is 17.0 Å². The Hall–Kier alpha value is -3.15. The van der Waals surface area contributed by atoms with E-state index in [2.05, 4.69) is 15.4 Å². The average Bonchev–Trinajstić information content (AvgIpc) is 3.24. The molecule has 3 N–H and O–H groups in total. The van der Waals surface area contributed by atoms with Crippen molar-refractivity contribution in [3.63, 3.8) is 0 Å². The Morgan fingerprint density at radius 2 is 2.04 bits per heavy atom. The molecular formula is C16H13F3N6O2S. The maximum Gasteiger partial charge on any atom is 0.433 e. The van der Waals surface area contributed by atoms with Gasteiger partial charge in [-0.1, -0.05) is 6.07 Å². The van der Waals surface area contributed by atoms with E-state index in [9.17, 15) is 22.8 Å². The number of hydrogen-bond acceptors (Lipinski definition) is 5. The lowest BCUT2D eigenvalue weighted by Gasteiger charge is -2.38. The number of halogens is 3. The SMILES string of the molecule is NC(=O)N1CC(NC(=O)c2cc3nc(-c4cccs4)cc(C(F)(F)F)n3n2)C1. The molecule has 28 heavy (non-hydrogen) atoms. The second-order valence-corrected chi connectivity index (χ2v) is 7.16. The molecule has 146 valence electrons. The van der Waals surface area contributed by atoms with Crippen LogP contribution in [0.15, 0.2) is 29.6 Å². The van der Waals surface area contributed by atoms with Crippen LogP contribution in [0.2, 0.25) is 0 Å². The van der Waals surface area contributed by atoms with Gasteiger partial charge in [-0.2, -0.15) is 18.3 Å². The number of likely N-dealkylation sites (tertiary alicyclic amines) is 1. The van der Waals surface area contributed by atoms with E-state index in [4.69, 9.17) is 5.73 Å². The number of aromatic nitrogens is 3. The predicted octanol–water partition coefficient (Wildman–Crippen LogP) is 1.97. The van der Waals surface area contributed by atoms with E-state index in [1.54, 1.807) is 17.5 Å². The van der Waals surface area contributed by atoms with Gasteiger partial charge in [-0.05, 0) is 17.5 Å². The van der Waals surface area contributed by atoms with E-state index >= 15 is 0 Å². The number of carbonyl (C=O) groups excluding carboxylic acids is 2. The van der Waals surface area contributed by atoms with Crippen molar-refractivity contribution in [3.8, 4) is 10.6 Å². The van der Waals surface area contributed by atoms with Crippen LogP contribution in [-0.2, 0) is 6.18 Å². The number of alkyl halides is 3. The zero-order valence-corrected chi connectivity index (χ0v) is 14.9. The van der Waals surface area contributed by atoms with Crippen LogP contribution in [0.3, 0.4) is 0 Å². The Bertz CT molecular complexity index is 1060. The van der Waals surface area contributed by atoms with Crippen molar-refractivity contribution in [3.05, 3.63) is 41.0 Å². The highest BCUT2D eigenvalue weighted by Gasteiger charge is 2.36. The number of amides is 3. The van der Waals surface area contributed by atoms with Crippen molar-refractivity contribution in [2.24, 2.45) is 5.73 Å². The molecule has 12 heteroatoms. The van der Waals surface area contributed by atoms with Crippen LogP contribution in [0.25, 0.3) is 16.2 Å². The molecule has 0 spiro atoms. The quantitative estimate of drug-likeness (QED) is 0.689. The Balaban J connectivity index is 1.66. The van der Waals surface area contributed by atoms with E-state index in [0.29, 0.717) is 9.39 Å². The summed E-state index contributed by atoms with van der Waals surface area (Å²) in [6, 6.07) is 4.55. The van der Waals surface area contributed by atoms with Crippen LogP contribution in [0.5, 0.6) is 0 Å². The summed E-state index contributed by atoms with van der Waals surface area (Å²) in [4.78, 5) is 29.4. The summed E-state index contributed by atoms with van der Waals surface area (Å²) in [5, 5.41) is 8.13. The van der Waals surface area contributed by atoms with Crippen molar-refractivity contribution in [1.82, 2.24) is 24.8 Å². The van der Waals surface area contributed by atoms with Gasteiger partial charge in [0.1, 0.15) is 0 Å². The number of hydrogen-bond donors (Lipinski definition) is 2. The molecule has 0 atom stereocenters. The second kappa shape index (κ2) is 6.48. The molecule has 0 aliphatic carbocycles. The topological polar surface area (TPSA) is 106 Å². The van der Waals surface area contributed by atoms with Gasteiger partial charge in [-0.25, -0.2) is 14.3 Å². The molecule has 4 rings (SSSR count). The van der Waals surface area contributed by atoms with E-state index in [1.165, 1.54) is 22.3 Å². The van der Waals surface area contributed by atoms with Crippen molar-refractivity contribution < 1.29 is 22.8 Å². The van der Waals surface area contributed by atoms with Gasteiger partial charge in [0, 0.05) is 19.2 Å². The van der Waals surface area contributed by atoms with Crippen molar-refractivity contribution in [1.29, 1.82) is 0 Å². The first-order chi connectivity index (χ1) is 13.2. The molecule has 1 saturated heterocycles. The smallest absolute Gasteiger partial charge is 0.351 e. The summed E-state index contributed by atoms with van der Waals surface area (Å²) in [5.41, 5.74) is 3.95. The lowest BCUT2D eigenvalue weighted by Crippen LogP contribution is -2.62. The third-order valence-corrected chi connectivity index (χ3v) is 5.14. The highest BCUT2D eigenvalue weighted by molar-refractivity contribution is 7.13. The second-order valence-electron chi connectivity index (χ2n) is 6.21. The average molecular weight is 410 g/mol. The number of fused-ring (bicyclic) bond motifs is 1. The third-order valence-electron chi connectivity index (χ3n) is 4.25. The van der Waals surface area contributed by atoms with Crippen molar-refractivity contribution >= 4 is 28.9 Å². The van der Waals surface area contributed by atoms with Gasteiger partial charge in [-0.15, -0.1) is 11.3 Å². The fourth-order valence-corrected chi connectivity index (χ4v) is 3.53. The largest absolute Gasteiger partial charge is 0.433 e. The van der Waals surface area contributed by atoms with Gasteiger partial charge in [0.2, 0.25) is 0 Å². The zero-order valence-electron chi connectivity index (χ0n) is 14.1. The lowest BCUT2D eigenvalue weighted by molar-refractivity contribution is -0.142. The maximum atomic E-state index is 13.5. The summed E-state index contributed by atoms with van der Waals surface area (Å²) in [6.07, 6.45) is -4.68. The molecule has 0 unspecified atom stereocenters. The van der Waals surface area contributed by atoms with E-state index in [-0.39, 0.29) is 36.2 Å². The summed E-state index contributed by atoms with van der Waals surface area (Å²) >= 11 is 1.26. The zero-order chi connectivity index (χ0) is 20.1. The van der Waals surface area contributed by atoms with Gasteiger partial charge < -0.3 is 16.0 Å². The number of nitrogens with one attached hydrogen (secondary N) is 1. The van der Waals surface area contributed by atoms with Crippen LogP contribution in [-0.4, -0.2) is 50.6 Å². The van der Waals surface area contributed by atoms with Crippen LogP contribution in [0.1, 0.15) is 16.2 Å². The molecule has 1 fully saturated rings. The fourth-order valence-electron chi connectivity index (χ4n) is 2.85. The van der Waals surface area contributed by atoms with Gasteiger partial charge in [0.25, 0.3) is 5.91 Å². The minimum Gasteiger partial charge on any atom is -0.351 e. The minimum absolute atomic E-state index is 0.0873. The van der Waals surface area contributed by atoms with Gasteiger partial charge >= 0.3 is 12.2 Å². The Morgan fingerprint density at radius 1 is 1.29 bits per heavy atom. The maximum absolute atomic E-state index is 13.5. The first-order valence-corrected chi connectivity index (χ1v) is 8.97. The standard InChI is InChI=1S/C16H13F3N6O2S/c17-16(18,19)12-4-9(11-2-1-3-28-11)22-13-5-10(23-25(12)13)14(26)21-8-6-24(7-8)15(20)27/h1-5,8H,6-7H2,(H2,20,27)(H,21,26). The Morgan fingerprint density at radius 3 is 2.64 bits per heavy atom. The molecule has 8 nitrogen and oxygen atoms in total. The first kappa shape index (κ1) is 18.2. The number of carbonyl (C=O) groups is 2. The number of rotatable bonds is 3. The summed E-state index contributed by atoms with van der Waals surface area (Å²) in [5.74, 6) is -0.648. The fraction of sp³-hybridized carbons (Fsp3) is 0.250. The molecule has 0 radical (unpaired) electrons. The number of thiophene rings is 1. The van der Waals surface area contributed by atoms with E-state index < -0.39 is 23.8 Å². The highest BCUT2D eigenvalue weighted by atomic mass is 32.1. The molecule has 3 aromatic heterocycles. The van der Waals surface area contributed by atoms with Crippen molar-refractivity contribution in [2.75, 3.05) is 13.1 Å². The summed E-state index contributed by atoms with van der Waals surface area (Å²) < 4.78 is 41.1. The predicted molar refractivity (Wildman–Crippen MR) is 93.7 cm³/mol. The summed E-state index contributed by atoms with van der Waals surface area (Å²) in [6.45, 7) is 0.478. The van der Waals surface area contributed by atoms with E-state index in [1.807, 2.05) is 0 Å². The molecule has 1 aliphatic rings. The van der Waals surface area contributed by atoms with Crippen LogP contribution >= 0.6 is 11.3 Å². The van der Waals surface area contributed by atoms with Crippen molar-refractivity contribution in [2.45, 2.75) is 12.2 Å². The Labute approximate surface area is 159 Å². The molecule has 0 saturated carbocycles. The molecule has 1 aliphatic heterocycles. The first-order valence-electron chi connectivity index (χ1n) is 8.09. The molecular weight excluding hydrogens is 397 g/mol. The van der Waals surface area contributed by atoms with Gasteiger partial charge in [0.05, 0.1) is 16.6 Å². The summed E-state index contributed by atoms with van der Waals surface area (Å²) in [7, 11) is 0. The normalized spacial score (nSPS) is 14.9. The highest BCUT2D eigenvalue weighted by Crippen LogP contribution is 2.33. The monoisotopic (exact) mass is 410 g/mol. The van der Waals surface area contributed by atoms with Crippen LogP contribution < -0.4 is 11.1 Å². The lowest BCUT2D eigenvalue weighted by atomic mass is 10.1. The van der Waals surface area contributed by atoms with Crippen LogP contribution in [0, 0.1) is 0 Å². The van der Waals surface area contributed by atoms with Gasteiger partial charge in [-0.3, -0.25) is 4.79 Å².